The minimum atomic E-state index is -0.181. The molecule has 5 heteroatoms. The Morgan fingerprint density at radius 2 is 2.04 bits per heavy atom. The second kappa shape index (κ2) is 8.11. The number of aryl methyl sites for hydroxylation is 1. The van der Waals surface area contributed by atoms with Crippen LogP contribution in [0.15, 0.2) is 30.3 Å². The van der Waals surface area contributed by atoms with Gasteiger partial charge in [0.2, 0.25) is 5.91 Å². The summed E-state index contributed by atoms with van der Waals surface area (Å²) in [5.41, 5.74) is 4.72. The molecule has 0 fully saturated rings. The predicted octanol–water partition coefficient (Wildman–Crippen LogP) is 2.84. The Bertz CT molecular complexity index is 665. The van der Waals surface area contributed by atoms with E-state index in [9.17, 15) is 4.79 Å². The van der Waals surface area contributed by atoms with Gasteiger partial charge in [0.15, 0.2) is 0 Å². The quantitative estimate of drug-likeness (QED) is 0.733. The fraction of sp³-hybridized carbons (Fsp3) is 0.474. The topological polar surface area (TPSA) is 69.8 Å². The molecule has 128 valence electrons. The van der Waals surface area contributed by atoms with Gasteiger partial charge < -0.3 is 10.6 Å². The van der Waals surface area contributed by atoms with Crippen molar-refractivity contribution < 1.29 is 4.79 Å². The lowest BCUT2D eigenvalue weighted by Gasteiger charge is -2.17. The maximum atomic E-state index is 12.4. The van der Waals surface area contributed by atoms with Crippen LogP contribution < -0.4 is 10.6 Å². The van der Waals surface area contributed by atoms with Crippen LogP contribution in [0.4, 0.5) is 5.69 Å². The van der Waals surface area contributed by atoms with Gasteiger partial charge in [-0.25, -0.2) is 0 Å². The highest BCUT2D eigenvalue weighted by molar-refractivity contribution is 5.94. The molecule has 5 nitrogen and oxygen atoms in total. The van der Waals surface area contributed by atoms with Crippen molar-refractivity contribution in [1.29, 1.82) is 0 Å². The summed E-state index contributed by atoms with van der Waals surface area (Å²) in [5, 5.41) is 14.0. The van der Waals surface area contributed by atoms with E-state index < -0.39 is 0 Å². The van der Waals surface area contributed by atoms with E-state index in [1.165, 1.54) is 24.1 Å². The number of fused-ring (bicyclic) bond motifs is 1. The zero-order chi connectivity index (χ0) is 16.8. The first-order chi connectivity index (χ1) is 11.8. The van der Waals surface area contributed by atoms with E-state index in [2.05, 4.69) is 20.8 Å². The summed E-state index contributed by atoms with van der Waals surface area (Å²) >= 11 is 0. The van der Waals surface area contributed by atoms with Gasteiger partial charge in [-0.05, 0) is 49.8 Å². The number of carbonyl (C=O) groups is 1. The number of para-hydroxylation sites is 1. The molecule has 1 unspecified atom stereocenters. The number of carbonyl (C=O) groups excluding carboxylic acids is 1. The van der Waals surface area contributed by atoms with Gasteiger partial charge in [0, 0.05) is 24.3 Å². The number of benzene rings is 1. The fourth-order valence-electron chi connectivity index (χ4n) is 3.29. The molecule has 0 aliphatic heterocycles. The van der Waals surface area contributed by atoms with Gasteiger partial charge in [-0.1, -0.05) is 25.1 Å². The summed E-state index contributed by atoms with van der Waals surface area (Å²) in [6, 6.07) is 9.41. The molecule has 1 aromatic carbocycles. The lowest BCUT2D eigenvalue weighted by Crippen LogP contribution is -2.41. The van der Waals surface area contributed by atoms with Crippen LogP contribution in [0.5, 0.6) is 0 Å². The number of hydrogen-bond acceptors (Lipinski definition) is 3. The Morgan fingerprint density at radius 1 is 1.25 bits per heavy atom. The monoisotopic (exact) mass is 326 g/mol. The van der Waals surface area contributed by atoms with Crippen molar-refractivity contribution in [3.8, 4) is 0 Å². The third-order valence-corrected chi connectivity index (χ3v) is 4.66. The molecule has 1 atom stereocenters. The van der Waals surface area contributed by atoms with Crippen LogP contribution in [0, 0.1) is 0 Å². The summed E-state index contributed by atoms with van der Waals surface area (Å²) in [4.78, 5) is 12.4. The third kappa shape index (κ3) is 4.03. The zero-order valence-electron chi connectivity index (χ0n) is 14.3. The maximum absolute atomic E-state index is 12.4. The van der Waals surface area contributed by atoms with E-state index in [1.54, 1.807) is 0 Å². The van der Waals surface area contributed by atoms with Crippen LogP contribution >= 0.6 is 0 Å². The van der Waals surface area contributed by atoms with E-state index in [0.29, 0.717) is 0 Å². The van der Waals surface area contributed by atoms with Crippen LogP contribution in [0.1, 0.15) is 43.1 Å². The average molecular weight is 326 g/mol. The number of aromatic nitrogens is 2. The summed E-state index contributed by atoms with van der Waals surface area (Å²) in [6.07, 6.45) is 6.38. The van der Waals surface area contributed by atoms with Crippen molar-refractivity contribution in [3.05, 3.63) is 47.3 Å². The normalized spacial score (nSPS) is 14.9. The Morgan fingerprint density at radius 3 is 2.83 bits per heavy atom. The highest BCUT2D eigenvalue weighted by Crippen LogP contribution is 2.22. The third-order valence-electron chi connectivity index (χ3n) is 4.66. The standard InChI is InChI=1S/C19H26N4O/c1-2-16(19(24)21-14-8-4-3-5-9-14)20-13-12-18-15-10-6-7-11-17(15)22-23-18/h3-5,8-9,16,20H,2,6-7,10-13H2,1H3,(H,21,24)(H,22,23). The van der Waals surface area contributed by atoms with E-state index in [-0.39, 0.29) is 11.9 Å². The van der Waals surface area contributed by atoms with Crippen molar-refractivity contribution in [2.24, 2.45) is 0 Å². The van der Waals surface area contributed by atoms with Crippen molar-refractivity contribution >= 4 is 11.6 Å². The molecule has 2 aromatic rings. The highest BCUT2D eigenvalue weighted by atomic mass is 16.2. The zero-order valence-corrected chi connectivity index (χ0v) is 14.3. The lowest BCUT2D eigenvalue weighted by molar-refractivity contribution is -0.118. The van der Waals surface area contributed by atoms with Gasteiger partial charge in [0.1, 0.15) is 0 Å². The van der Waals surface area contributed by atoms with Gasteiger partial charge in [0.25, 0.3) is 0 Å². The minimum absolute atomic E-state index is 0.0211. The van der Waals surface area contributed by atoms with Crippen molar-refractivity contribution in [2.45, 2.75) is 51.5 Å². The molecule has 0 radical (unpaired) electrons. The maximum Gasteiger partial charge on any atom is 0.241 e. The van der Waals surface area contributed by atoms with Gasteiger partial charge >= 0.3 is 0 Å². The average Bonchev–Trinajstić information content (AvgIpc) is 3.03. The Balaban J connectivity index is 1.51. The second-order valence-electron chi connectivity index (χ2n) is 6.35. The summed E-state index contributed by atoms with van der Waals surface area (Å²) in [7, 11) is 0. The molecule has 0 saturated heterocycles. The molecule has 24 heavy (non-hydrogen) atoms. The number of rotatable bonds is 7. The molecule has 0 saturated carbocycles. The van der Waals surface area contributed by atoms with E-state index in [1.807, 2.05) is 37.3 Å². The summed E-state index contributed by atoms with van der Waals surface area (Å²) in [6.45, 7) is 2.79. The Kier molecular flexibility index (Phi) is 5.64. The van der Waals surface area contributed by atoms with E-state index >= 15 is 0 Å². The van der Waals surface area contributed by atoms with Gasteiger partial charge in [-0.2, -0.15) is 5.10 Å². The van der Waals surface area contributed by atoms with Crippen LogP contribution in [-0.4, -0.2) is 28.7 Å². The van der Waals surface area contributed by atoms with Gasteiger partial charge in [-0.3, -0.25) is 9.89 Å². The first-order valence-corrected chi connectivity index (χ1v) is 8.92. The van der Waals surface area contributed by atoms with Crippen molar-refractivity contribution in [3.63, 3.8) is 0 Å². The largest absolute Gasteiger partial charge is 0.325 e. The predicted molar refractivity (Wildman–Crippen MR) is 96.1 cm³/mol. The lowest BCUT2D eigenvalue weighted by atomic mass is 9.95. The molecule has 0 bridgehead atoms. The van der Waals surface area contributed by atoms with Gasteiger partial charge in [0.05, 0.1) is 11.7 Å². The molecule has 3 rings (SSSR count). The number of aromatic amines is 1. The van der Waals surface area contributed by atoms with Crippen LogP contribution in [0.2, 0.25) is 0 Å². The minimum Gasteiger partial charge on any atom is -0.325 e. The highest BCUT2D eigenvalue weighted by Gasteiger charge is 2.18. The Labute approximate surface area is 143 Å². The molecule has 1 heterocycles. The van der Waals surface area contributed by atoms with Crippen molar-refractivity contribution in [2.75, 3.05) is 11.9 Å². The van der Waals surface area contributed by atoms with Crippen molar-refractivity contribution in [1.82, 2.24) is 15.5 Å². The SMILES string of the molecule is CCC(NCCc1n[nH]c2c1CCCC2)C(=O)Nc1ccccc1. The number of H-pyrrole nitrogens is 1. The number of anilines is 1. The molecular formula is C19H26N4O. The number of amides is 1. The van der Waals surface area contributed by atoms with Crippen LogP contribution in [0.3, 0.4) is 0 Å². The molecular weight excluding hydrogens is 300 g/mol. The second-order valence-corrected chi connectivity index (χ2v) is 6.35. The molecule has 1 amide bonds. The molecule has 3 N–H and O–H groups in total. The number of nitrogens with one attached hydrogen (secondary N) is 3. The first-order valence-electron chi connectivity index (χ1n) is 8.92. The first kappa shape index (κ1) is 16.7. The molecule has 1 aliphatic carbocycles. The van der Waals surface area contributed by atoms with E-state index in [0.717, 1.165) is 43.6 Å². The smallest absolute Gasteiger partial charge is 0.241 e. The molecule has 1 aliphatic rings. The van der Waals surface area contributed by atoms with Crippen LogP contribution in [0.25, 0.3) is 0 Å². The molecule has 1 aromatic heterocycles. The Hall–Kier alpha value is -2.14. The molecule has 0 spiro atoms. The fourth-order valence-corrected chi connectivity index (χ4v) is 3.29. The van der Waals surface area contributed by atoms with E-state index in [4.69, 9.17) is 0 Å². The number of nitrogens with zero attached hydrogens (tertiary/aromatic N) is 1. The summed E-state index contributed by atoms with van der Waals surface area (Å²) in [5.74, 6) is 0.0211. The van der Waals surface area contributed by atoms with Gasteiger partial charge in [-0.15, -0.1) is 0 Å². The van der Waals surface area contributed by atoms with Crippen LogP contribution in [-0.2, 0) is 24.1 Å². The summed E-state index contributed by atoms with van der Waals surface area (Å²) < 4.78 is 0. The number of hydrogen-bond donors (Lipinski definition) is 3.